The first-order valence-corrected chi connectivity index (χ1v) is 5.40. The zero-order chi connectivity index (χ0) is 13.7. The summed E-state index contributed by atoms with van der Waals surface area (Å²) in [4.78, 5) is 3.88. The second-order valence-electron chi connectivity index (χ2n) is 3.67. The third kappa shape index (κ3) is 4.50. The summed E-state index contributed by atoms with van der Waals surface area (Å²) in [6.45, 7) is 0.248. The average molecular weight is 269 g/mol. The minimum absolute atomic E-state index is 0.248. The Hall–Kier alpha value is -2.24. The Morgan fingerprint density at radius 2 is 1.74 bits per heavy atom. The van der Waals surface area contributed by atoms with Gasteiger partial charge in [-0.3, -0.25) is 4.98 Å². The van der Waals surface area contributed by atoms with Crippen molar-refractivity contribution in [3.05, 3.63) is 54.4 Å². The molecule has 0 radical (unpaired) electrons. The first kappa shape index (κ1) is 13.2. The number of rotatable bonds is 4. The van der Waals surface area contributed by atoms with E-state index in [4.69, 9.17) is 4.74 Å². The van der Waals surface area contributed by atoms with E-state index in [1.807, 2.05) is 0 Å². The highest BCUT2D eigenvalue weighted by atomic mass is 19.4. The number of pyridine rings is 1. The number of aromatic nitrogens is 1. The highest BCUT2D eigenvalue weighted by Crippen LogP contribution is 2.23. The quantitative estimate of drug-likeness (QED) is 0.850. The summed E-state index contributed by atoms with van der Waals surface area (Å²) in [5, 5.41) is 0. The summed E-state index contributed by atoms with van der Waals surface area (Å²) in [6.07, 6.45) is -1.50. The highest BCUT2D eigenvalue weighted by molar-refractivity contribution is 5.27. The van der Waals surface area contributed by atoms with Crippen LogP contribution in [-0.2, 0) is 6.61 Å². The Morgan fingerprint density at radius 3 is 2.32 bits per heavy atom. The molecule has 0 saturated carbocycles. The van der Waals surface area contributed by atoms with Crippen LogP contribution in [0, 0.1) is 0 Å². The lowest BCUT2D eigenvalue weighted by molar-refractivity contribution is -0.274. The van der Waals surface area contributed by atoms with E-state index in [1.165, 1.54) is 24.3 Å². The van der Waals surface area contributed by atoms with Gasteiger partial charge < -0.3 is 9.47 Å². The number of ether oxygens (including phenoxy) is 2. The molecule has 0 atom stereocenters. The monoisotopic (exact) mass is 269 g/mol. The van der Waals surface area contributed by atoms with E-state index in [-0.39, 0.29) is 12.4 Å². The maximum absolute atomic E-state index is 12.0. The molecule has 0 bridgehead atoms. The smallest absolute Gasteiger partial charge is 0.487 e. The summed E-state index contributed by atoms with van der Waals surface area (Å²) in [5.41, 5.74) is 0.735. The molecule has 0 N–H and O–H groups in total. The van der Waals surface area contributed by atoms with Crippen molar-refractivity contribution in [2.45, 2.75) is 13.0 Å². The molecule has 0 saturated heterocycles. The van der Waals surface area contributed by atoms with Crippen molar-refractivity contribution in [3.8, 4) is 11.5 Å². The van der Waals surface area contributed by atoms with Crippen LogP contribution in [0.15, 0.2) is 48.8 Å². The van der Waals surface area contributed by atoms with Crippen molar-refractivity contribution >= 4 is 0 Å². The van der Waals surface area contributed by atoms with Gasteiger partial charge >= 0.3 is 6.36 Å². The van der Waals surface area contributed by atoms with Crippen molar-refractivity contribution in [2.24, 2.45) is 0 Å². The minimum Gasteiger partial charge on any atom is -0.487 e. The van der Waals surface area contributed by atoms with Gasteiger partial charge in [-0.05, 0) is 29.8 Å². The number of nitrogens with zero attached hydrogens (tertiary/aromatic N) is 1. The molecule has 1 heterocycles. The van der Waals surface area contributed by atoms with Gasteiger partial charge in [0.15, 0.2) is 0 Å². The number of benzene rings is 1. The molecule has 0 spiro atoms. The first-order chi connectivity index (χ1) is 9.03. The van der Waals surface area contributed by atoms with Gasteiger partial charge in [-0.25, -0.2) is 0 Å². The third-order valence-electron chi connectivity index (χ3n) is 2.20. The number of hydrogen-bond donors (Lipinski definition) is 0. The maximum Gasteiger partial charge on any atom is 0.573 e. The Labute approximate surface area is 107 Å². The van der Waals surface area contributed by atoms with E-state index in [0.29, 0.717) is 5.75 Å². The fourth-order valence-corrected chi connectivity index (χ4v) is 1.39. The molecule has 6 heteroatoms. The largest absolute Gasteiger partial charge is 0.573 e. The molecule has 0 aliphatic rings. The topological polar surface area (TPSA) is 31.4 Å². The Bertz CT molecular complexity index is 512. The molecule has 0 fully saturated rings. The van der Waals surface area contributed by atoms with Crippen LogP contribution in [0.2, 0.25) is 0 Å². The van der Waals surface area contributed by atoms with Crippen LogP contribution in [0.4, 0.5) is 13.2 Å². The van der Waals surface area contributed by atoms with E-state index >= 15 is 0 Å². The van der Waals surface area contributed by atoms with Gasteiger partial charge in [0.25, 0.3) is 0 Å². The van der Waals surface area contributed by atoms with Gasteiger partial charge in [0.2, 0.25) is 0 Å². The zero-order valence-corrected chi connectivity index (χ0v) is 9.72. The predicted octanol–water partition coefficient (Wildman–Crippen LogP) is 3.56. The van der Waals surface area contributed by atoms with Gasteiger partial charge in [-0.1, -0.05) is 12.1 Å². The number of alkyl halides is 3. The maximum atomic E-state index is 12.0. The van der Waals surface area contributed by atoms with E-state index < -0.39 is 6.36 Å². The van der Waals surface area contributed by atoms with Crippen molar-refractivity contribution in [1.82, 2.24) is 4.98 Å². The zero-order valence-electron chi connectivity index (χ0n) is 9.72. The Balaban J connectivity index is 1.92. The molecular weight excluding hydrogens is 259 g/mol. The van der Waals surface area contributed by atoms with Gasteiger partial charge in [0, 0.05) is 6.20 Å². The molecular formula is C13H10F3NO2. The van der Waals surface area contributed by atoms with Crippen LogP contribution in [0.25, 0.3) is 0 Å². The number of halogens is 3. The standard InChI is InChI=1S/C13H10F3NO2/c14-13(15,16)19-11-5-3-10(4-6-11)9-18-12-2-1-7-17-8-12/h1-8H,9H2. The van der Waals surface area contributed by atoms with Crippen LogP contribution < -0.4 is 9.47 Å². The Kier molecular flexibility index (Phi) is 3.89. The summed E-state index contributed by atoms with van der Waals surface area (Å²) in [7, 11) is 0. The third-order valence-corrected chi connectivity index (χ3v) is 2.20. The molecule has 0 unspecified atom stereocenters. The van der Waals surface area contributed by atoms with Crippen LogP contribution in [0.1, 0.15) is 5.56 Å². The van der Waals surface area contributed by atoms with E-state index in [0.717, 1.165) is 5.56 Å². The van der Waals surface area contributed by atoms with E-state index in [9.17, 15) is 13.2 Å². The SMILES string of the molecule is FC(F)(F)Oc1ccc(COc2cccnc2)cc1. The van der Waals surface area contributed by atoms with Gasteiger partial charge in [0.05, 0.1) is 6.20 Å². The van der Waals surface area contributed by atoms with E-state index in [1.54, 1.807) is 24.5 Å². The second-order valence-corrected chi connectivity index (χ2v) is 3.67. The minimum atomic E-state index is -4.67. The fraction of sp³-hybridized carbons (Fsp3) is 0.154. The van der Waals surface area contributed by atoms with Crippen LogP contribution in [0.5, 0.6) is 11.5 Å². The molecule has 0 aliphatic carbocycles. The van der Waals surface area contributed by atoms with Crippen molar-refractivity contribution in [1.29, 1.82) is 0 Å². The molecule has 1 aromatic heterocycles. The highest BCUT2D eigenvalue weighted by Gasteiger charge is 2.30. The van der Waals surface area contributed by atoms with Crippen molar-refractivity contribution in [3.63, 3.8) is 0 Å². The predicted molar refractivity (Wildman–Crippen MR) is 61.7 cm³/mol. The lowest BCUT2D eigenvalue weighted by Gasteiger charge is -2.09. The lowest BCUT2D eigenvalue weighted by atomic mass is 10.2. The van der Waals surface area contributed by atoms with Crippen LogP contribution in [0.3, 0.4) is 0 Å². The molecule has 100 valence electrons. The van der Waals surface area contributed by atoms with Gasteiger partial charge in [-0.15, -0.1) is 13.2 Å². The van der Waals surface area contributed by atoms with Crippen LogP contribution >= 0.6 is 0 Å². The normalized spacial score (nSPS) is 11.1. The fourth-order valence-electron chi connectivity index (χ4n) is 1.39. The molecule has 1 aromatic carbocycles. The van der Waals surface area contributed by atoms with Crippen LogP contribution in [-0.4, -0.2) is 11.3 Å². The molecule has 3 nitrogen and oxygen atoms in total. The van der Waals surface area contributed by atoms with Crippen molar-refractivity contribution < 1.29 is 22.6 Å². The summed E-state index contributed by atoms with van der Waals surface area (Å²) >= 11 is 0. The number of hydrogen-bond acceptors (Lipinski definition) is 3. The molecule has 19 heavy (non-hydrogen) atoms. The van der Waals surface area contributed by atoms with Gasteiger partial charge in [-0.2, -0.15) is 0 Å². The summed E-state index contributed by atoms with van der Waals surface area (Å²) < 4.78 is 45.0. The molecule has 0 amide bonds. The first-order valence-electron chi connectivity index (χ1n) is 5.40. The molecule has 2 rings (SSSR count). The molecule has 2 aromatic rings. The lowest BCUT2D eigenvalue weighted by Crippen LogP contribution is -2.17. The second kappa shape index (κ2) is 5.60. The average Bonchev–Trinajstić information content (AvgIpc) is 2.37. The van der Waals surface area contributed by atoms with Gasteiger partial charge in [0.1, 0.15) is 18.1 Å². The Morgan fingerprint density at radius 1 is 1.00 bits per heavy atom. The summed E-state index contributed by atoms with van der Waals surface area (Å²) in [5.74, 6) is 0.343. The molecule has 0 aliphatic heterocycles. The van der Waals surface area contributed by atoms with Crippen molar-refractivity contribution in [2.75, 3.05) is 0 Å². The summed E-state index contributed by atoms with van der Waals surface area (Å²) in [6, 6.07) is 8.99. The van der Waals surface area contributed by atoms with E-state index in [2.05, 4.69) is 9.72 Å².